The predicted octanol–water partition coefficient (Wildman–Crippen LogP) is 0.188. The second kappa shape index (κ2) is 5.81. The maximum Gasteiger partial charge on any atom is 0.243 e. The highest BCUT2D eigenvalue weighted by atomic mass is 32.2. The summed E-state index contributed by atoms with van der Waals surface area (Å²) >= 11 is 0. The highest BCUT2D eigenvalue weighted by molar-refractivity contribution is 7.89. The quantitative estimate of drug-likeness (QED) is 0.813. The van der Waals surface area contributed by atoms with E-state index >= 15 is 0 Å². The first-order valence-electron chi connectivity index (χ1n) is 8.54. The van der Waals surface area contributed by atoms with Crippen molar-refractivity contribution in [2.24, 2.45) is 5.41 Å². The van der Waals surface area contributed by atoms with Crippen LogP contribution in [0.2, 0.25) is 0 Å². The molecule has 3 aliphatic heterocycles. The smallest absolute Gasteiger partial charge is 0.243 e. The van der Waals surface area contributed by atoms with Crippen LogP contribution in [0.1, 0.15) is 19.3 Å². The van der Waals surface area contributed by atoms with Gasteiger partial charge in [-0.15, -0.1) is 0 Å². The number of carbonyl (C=O) groups is 2. The van der Waals surface area contributed by atoms with E-state index in [0.29, 0.717) is 43.8 Å². The molecule has 0 radical (unpaired) electrons. The van der Waals surface area contributed by atoms with Crippen LogP contribution in [0, 0.1) is 5.41 Å². The normalized spacial score (nSPS) is 26.6. The van der Waals surface area contributed by atoms with Crippen LogP contribution in [0.4, 0.5) is 0 Å². The average molecular weight is 363 g/mol. The molecule has 25 heavy (non-hydrogen) atoms. The highest BCUT2D eigenvalue weighted by Gasteiger charge is 2.51. The summed E-state index contributed by atoms with van der Waals surface area (Å²) in [5.74, 6) is -0.128. The van der Waals surface area contributed by atoms with E-state index in [1.54, 1.807) is 35.2 Å². The first-order valence-corrected chi connectivity index (χ1v) is 9.98. The average Bonchev–Trinajstić information content (AvgIpc) is 3.00. The van der Waals surface area contributed by atoms with E-state index in [2.05, 4.69) is 5.32 Å². The number of amides is 2. The Morgan fingerprint density at radius 3 is 2.40 bits per heavy atom. The van der Waals surface area contributed by atoms with Crippen molar-refractivity contribution in [3.05, 3.63) is 30.3 Å². The Kier molecular flexibility index (Phi) is 3.84. The Labute approximate surface area is 147 Å². The number of nitrogens with one attached hydrogen (secondary N) is 1. The number of sulfonamides is 1. The molecule has 0 aliphatic carbocycles. The minimum Gasteiger partial charge on any atom is -0.345 e. The standard InChI is InChI=1S/C17H21N3O4S/c21-15-11-18-16(22)14-10-17(12-20(14)15)6-8-19(9-7-17)25(23,24)13-4-2-1-3-5-13/h1-5,14H,6-12H2,(H,18,22). The molecule has 3 saturated heterocycles. The number of piperidine rings is 1. The van der Waals surface area contributed by atoms with Gasteiger partial charge in [-0.3, -0.25) is 9.59 Å². The summed E-state index contributed by atoms with van der Waals surface area (Å²) in [4.78, 5) is 26.1. The van der Waals surface area contributed by atoms with Crippen LogP contribution in [0.25, 0.3) is 0 Å². The van der Waals surface area contributed by atoms with Crippen molar-refractivity contribution < 1.29 is 18.0 Å². The Morgan fingerprint density at radius 1 is 1.08 bits per heavy atom. The molecule has 0 bridgehead atoms. The molecule has 1 N–H and O–H groups in total. The maximum absolute atomic E-state index is 12.7. The second-order valence-corrected chi connectivity index (χ2v) is 9.11. The van der Waals surface area contributed by atoms with Gasteiger partial charge >= 0.3 is 0 Å². The number of hydrogen-bond acceptors (Lipinski definition) is 4. The number of piperazine rings is 1. The SMILES string of the molecule is O=C1NCC(=O)N2CC3(CCN(S(=O)(=O)c4ccccc4)CC3)CC12. The van der Waals surface area contributed by atoms with E-state index < -0.39 is 16.1 Å². The molecule has 4 rings (SSSR count). The minimum absolute atomic E-state index is 0.0409. The third kappa shape index (κ3) is 2.73. The van der Waals surface area contributed by atoms with Crippen molar-refractivity contribution in [1.82, 2.24) is 14.5 Å². The summed E-state index contributed by atoms with van der Waals surface area (Å²) in [6, 6.07) is 8.06. The monoisotopic (exact) mass is 363 g/mol. The number of hydrogen-bond donors (Lipinski definition) is 1. The van der Waals surface area contributed by atoms with Crippen molar-refractivity contribution in [3.8, 4) is 0 Å². The van der Waals surface area contributed by atoms with Gasteiger partial charge in [0.2, 0.25) is 21.8 Å². The van der Waals surface area contributed by atoms with Crippen molar-refractivity contribution in [2.45, 2.75) is 30.2 Å². The summed E-state index contributed by atoms with van der Waals surface area (Å²) < 4.78 is 27.0. The van der Waals surface area contributed by atoms with E-state index in [9.17, 15) is 18.0 Å². The fraction of sp³-hybridized carbons (Fsp3) is 0.529. The predicted molar refractivity (Wildman–Crippen MR) is 90.0 cm³/mol. The summed E-state index contributed by atoms with van der Waals surface area (Å²) in [5.41, 5.74) is -0.148. The Morgan fingerprint density at radius 2 is 1.76 bits per heavy atom. The van der Waals surface area contributed by atoms with Crippen molar-refractivity contribution in [3.63, 3.8) is 0 Å². The third-order valence-corrected chi connectivity index (χ3v) is 7.62. The van der Waals surface area contributed by atoms with Crippen LogP contribution in [0.15, 0.2) is 35.2 Å². The van der Waals surface area contributed by atoms with Gasteiger partial charge in [0, 0.05) is 19.6 Å². The molecule has 3 fully saturated rings. The Hall–Kier alpha value is -1.93. The van der Waals surface area contributed by atoms with Gasteiger partial charge in [-0.05, 0) is 36.8 Å². The highest BCUT2D eigenvalue weighted by Crippen LogP contribution is 2.44. The van der Waals surface area contributed by atoms with E-state index in [4.69, 9.17) is 0 Å². The molecule has 7 nitrogen and oxygen atoms in total. The maximum atomic E-state index is 12.7. The molecule has 3 aliphatic rings. The van der Waals surface area contributed by atoms with Gasteiger partial charge < -0.3 is 10.2 Å². The summed E-state index contributed by atoms with van der Waals surface area (Å²) in [5, 5.41) is 2.64. The lowest BCUT2D eigenvalue weighted by molar-refractivity contribution is -0.143. The van der Waals surface area contributed by atoms with Crippen LogP contribution in [-0.4, -0.2) is 61.7 Å². The van der Waals surface area contributed by atoms with Gasteiger partial charge in [-0.1, -0.05) is 18.2 Å². The van der Waals surface area contributed by atoms with Crippen LogP contribution in [-0.2, 0) is 19.6 Å². The number of fused-ring (bicyclic) bond motifs is 1. The van der Waals surface area contributed by atoms with Gasteiger partial charge in [-0.2, -0.15) is 4.31 Å². The van der Waals surface area contributed by atoms with Gasteiger partial charge in [0.1, 0.15) is 6.04 Å². The third-order valence-electron chi connectivity index (χ3n) is 5.71. The molecule has 1 atom stereocenters. The molecular weight excluding hydrogens is 342 g/mol. The topological polar surface area (TPSA) is 86.8 Å². The number of benzene rings is 1. The molecule has 1 aromatic rings. The van der Waals surface area contributed by atoms with E-state index in [-0.39, 0.29) is 23.8 Å². The molecule has 0 aromatic heterocycles. The lowest BCUT2D eigenvalue weighted by atomic mass is 9.77. The van der Waals surface area contributed by atoms with Crippen LogP contribution in [0.5, 0.6) is 0 Å². The zero-order valence-electron chi connectivity index (χ0n) is 13.8. The minimum atomic E-state index is -3.48. The number of rotatable bonds is 2. The summed E-state index contributed by atoms with van der Waals surface area (Å²) in [6.45, 7) is 1.48. The second-order valence-electron chi connectivity index (χ2n) is 7.18. The van der Waals surface area contributed by atoms with E-state index in [1.165, 1.54) is 4.31 Å². The molecule has 1 unspecified atom stereocenters. The van der Waals surface area contributed by atoms with Crippen LogP contribution < -0.4 is 5.32 Å². The zero-order chi connectivity index (χ0) is 17.7. The Bertz CT molecular complexity index is 774. The first-order chi connectivity index (χ1) is 11.9. The van der Waals surface area contributed by atoms with E-state index in [1.807, 2.05) is 0 Å². The summed E-state index contributed by atoms with van der Waals surface area (Å²) in [6.07, 6.45) is 1.98. The van der Waals surface area contributed by atoms with Crippen LogP contribution in [0.3, 0.4) is 0 Å². The first kappa shape index (κ1) is 16.5. The molecule has 2 amide bonds. The van der Waals surface area contributed by atoms with E-state index in [0.717, 1.165) is 0 Å². The van der Waals surface area contributed by atoms with Crippen molar-refractivity contribution in [2.75, 3.05) is 26.2 Å². The fourth-order valence-corrected chi connectivity index (χ4v) is 5.70. The number of carbonyl (C=O) groups excluding carboxylic acids is 2. The van der Waals surface area contributed by atoms with Gasteiger partial charge in [0.25, 0.3) is 0 Å². The lowest BCUT2D eigenvalue weighted by Crippen LogP contribution is -2.55. The summed E-state index contributed by atoms with van der Waals surface area (Å²) in [7, 11) is -3.48. The largest absolute Gasteiger partial charge is 0.345 e. The molecule has 1 spiro atoms. The molecule has 0 saturated carbocycles. The molecule has 134 valence electrons. The molecule has 8 heteroatoms. The number of nitrogens with zero attached hydrogens (tertiary/aromatic N) is 2. The van der Waals surface area contributed by atoms with Crippen LogP contribution >= 0.6 is 0 Å². The van der Waals surface area contributed by atoms with Crippen molar-refractivity contribution >= 4 is 21.8 Å². The molecule has 1 aromatic carbocycles. The Balaban J connectivity index is 1.49. The van der Waals surface area contributed by atoms with Gasteiger partial charge in [0.15, 0.2) is 0 Å². The molecular formula is C17H21N3O4S. The van der Waals surface area contributed by atoms with Crippen molar-refractivity contribution in [1.29, 1.82) is 0 Å². The van der Waals surface area contributed by atoms with Gasteiger partial charge in [0.05, 0.1) is 11.4 Å². The zero-order valence-corrected chi connectivity index (χ0v) is 14.7. The van der Waals surface area contributed by atoms with Gasteiger partial charge in [-0.25, -0.2) is 8.42 Å². The fourth-order valence-electron chi connectivity index (χ4n) is 4.24. The lowest BCUT2D eigenvalue weighted by Gasteiger charge is -2.38. The molecule has 3 heterocycles.